The lowest BCUT2D eigenvalue weighted by Gasteiger charge is -2.10. The monoisotopic (exact) mass is 332 g/mol. The van der Waals surface area contributed by atoms with Gasteiger partial charge in [0.25, 0.3) is 5.91 Å². The molecule has 0 aliphatic heterocycles. The second-order valence-corrected chi connectivity index (χ2v) is 5.14. The molecule has 5 nitrogen and oxygen atoms in total. The van der Waals surface area contributed by atoms with E-state index in [-0.39, 0.29) is 24.8 Å². The van der Waals surface area contributed by atoms with Crippen molar-refractivity contribution in [1.29, 1.82) is 0 Å². The summed E-state index contributed by atoms with van der Waals surface area (Å²) in [5, 5.41) is 5.86. The molecule has 0 radical (unpaired) electrons. The van der Waals surface area contributed by atoms with Crippen molar-refractivity contribution in [3.8, 4) is 5.75 Å². The minimum absolute atomic E-state index is 0.145. The van der Waals surface area contributed by atoms with Crippen LogP contribution in [0.3, 0.4) is 0 Å². The molecule has 0 atom stereocenters. The van der Waals surface area contributed by atoms with Crippen LogP contribution >= 0.6 is 11.6 Å². The number of anilines is 1. The first kappa shape index (κ1) is 16.8. The van der Waals surface area contributed by atoms with E-state index in [1.165, 1.54) is 7.11 Å². The Morgan fingerprint density at radius 1 is 1.09 bits per heavy atom. The van der Waals surface area contributed by atoms with Gasteiger partial charge in [0.1, 0.15) is 5.75 Å². The minimum Gasteiger partial charge on any atom is -0.496 e. The summed E-state index contributed by atoms with van der Waals surface area (Å²) in [5.74, 6) is -0.0167. The number of hydrogen-bond acceptors (Lipinski definition) is 3. The number of benzene rings is 2. The van der Waals surface area contributed by atoms with Gasteiger partial charge in [0, 0.05) is 13.0 Å². The summed E-state index contributed by atoms with van der Waals surface area (Å²) in [4.78, 5) is 23.9. The number of para-hydroxylation sites is 2. The van der Waals surface area contributed by atoms with Crippen molar-refractivity contribution in [3.63, 3.8) is 0 Å². The molecule has 0 aliphatic rings. The van der Waals surface area contributed by atoms with Gasteiger partial charge < -0.3 is 15.4 Å². The zero-order valence-corrected chi connectivity index (χ0v) is 13.4. The molecule has 23 heavy (non-hydrogen) atoms. The van der Waals surface area contributed by atoms with Gasteiger partial charge in [-0.25, -0.2) is 0 Å². The molecule has 0 aromatic heterocycles. The molecule has 0 saturated carbocycles. The van der Waals surface area contributed by atoms with Crippen molar-refractivity contribution >= 4 is 29.1 Å². The maximum absolute atomic E-state index is 12.1. The highest BCUT2D eigenvalue weighted by Gasteiger charge is 2.11. The maximum Gasteiger partial charge on any atom is 0.255 e. The fourth-order valence-corrected chi connectivity index (χ4v) is 2.18. The van der Waals surface area contributed by atoms with Crippen LogP contribution in [0.2, 0.25) is 5.02 Å². The van der Waals surface area contributed by atoms with Gasteiger partial charge in [0.05, 0.1) is 23.4 Å². The van der Waals surface area contributed by atoms with Gasteiger partial charge in [0.15, 0.2) is 0 Å². The molecule has 2 N–H and O–H groups in total. The lowest BCUT2D eigenvalue weighted by molar-refractivity contribution is -0.116. The minimum atomic E-state index is -0.284. The van der Waals surface area contributed by atoms with E-state index in [1.807, 2.05) is 0 Å². The van der Waals surface area contributed by atoms with Gasteiger partial charge in [-0.3, -0.25) is 9.59 Å². The van der Waals surface area contributed by atoms with Crippen molar-refractivity contribution in [2.45, 2.75) is 6.42 Å². The zero-order chi connectivity index (χ0) is 16.7. The molecule has 0 aliphatic carbocycles. The Bertz CT molecular complexity index is 704. The summed E-state index contributed by atoms with van der Waals surface area (Å²) in [7, 11) is 1.50. The normalized spacial score (nSPS) is 10.0. The second-order valence-electron chi connectivity index (χ2n) is 4.73. The van der Waals surface area contributed by atoms with Crippen molar-refractivity contribution in [2.24, 2.45) is 0 Å². The van der Waals surface area contributed by atoms with Crippen molar-refractivity contribution in [3.05, 3.63) is 59.1 Å². The molecule has 0 fully saturated rings. The molecule has 0 unspecified atom stereocenters. The largest absolute Gasteiger partial charge is 0.496 e. The van der Waals surface area contributed by atoms with E-state index in [2.05, 4.69) is 10.6 Å². The van der Waals surface area contributed by atoms with Gasteiger partial charge in [-0.2, -0.15) is 0 Å². The Morgan fingerprint density at radius 2 is 1.78 bits per heavy atom. The number of methoxy groups -OCH3 is 1. The fraction of sp³-hybridized carbons (Fsp3) is 0.176. The molecule has 0 heterocycles. The van der Waals surface area contributed by atoms with E-state index >= 15 is 0 Å². The Labute approximate surface area is 139 Å². The van der Waals surface area contributed by atoms with Crippen LogP contribution in [0.25, 0.3) is 0 Å². The zero-order valence-electron chi connectivity index (χ0n) is 12.6. The van der Waals surface area contributed by atoms with Crippen molar-refractivity contribution in [1.82, 2.24) is 5.32 Å². The summed E-state index contributed by atoms with van der Waals surface area (Å²) in [5.41, 5.74) is 0.983. The quantitative estimate of drug-likeness (QED) is 0.854. The van der Waals surface area contributed by atoms with Crippen LogP contribution in [-0.2, 0) is 4.79 Å². The standard InChI is InChI=1S/C17H17ClN2O3/c1-23-15-9-5-2-6-12(15)17(22)19-11-10-16(21)20-14-8-4-3-7-13(14)18/h2-9H,10-11H2,1H3,(H,19,22)(H,20,21). The van der Waals surface area contributed by atoms with Crippen LogP contribution in [0, 0.1) is 0 Å². The highest BCUT2D eigenvalue weighted by molar-refractivity contribution is 6.33. The van der Waals surface area contributed by atoms with Gasteiger partial charge in [-0.05, 0) is 24.3 Å². The Hall–Kier alpha value is -2.53. The molecule has 2 aromatic carbocycles. The summed E-state index contributed by atoms with van der Waals surface area (Å²) < 4.78 is 5.13. The van der Waals surface area contributed by atoms with E-state index in [0.717, 1.165) is 0 Å². The molecule has 0 saturated heterocycles. The summed E-state index contributed by atoms with van der Waals surface area (Å²) >= 11 is 5.97. The van der Waals surface area contributed by atoms with Crippen LogP contribution in [0.4, 0.5) is 5.69 Å². The van der Waals surface area contributed by atoms with Gasteiger partial charge >= 0.3 is 0 Å². The second kappa shape index (κ2) is 8.19. The number of rotatable bonds is 6. The molecule has 2 amide bonds. The highest BCUT2D eigenvalue weighted by atomic mass is 35.5. The van der Waals surface area contributed by atoms with Gasteiger partial charge in [-0.15, -0.1) is 0 Å². The molecular formula is C17H17ClN2O3. The van der Waals surface area contributed by atoms with Crippen LogP contribution in [0.15, 0.2) is 48.5 Å². The number of nitrogens with one attached hydrogen (secondary N) is 2. The predicted octanol–water partition coefficient (Wildman–Crippen LogP) is 3.11. The number of carbonyl (C=O) groups excluding carboxylic acids is 2. The molecular weight excluding hydrogens is 316 g/mol. The van der Waals surface area contributed by atoms with E-state index in [1.54, 1.807) is 48.5 Å². The summed E-state index contributed by atoms with van der Waals surface area (Å²) in [6.07, 6.45) is 0.145. The average Bonchev–Trinajstić information content (AvgIpc) is 2.56. The SMILES string of the molecule is COc1ccccc1C(=O)NCCC(=O)Nc1ccccc1Cl. The van der Waals surface area contributed by atoms with Crippen molar-refractivity contribution in [2.75, 3.05) is 19.0 Å². The first-order valence-electron chi connectivity index (χ1n) is 7.07. The van der Waals surface area contributed by atoms with Crippen LogP contribution in [0.1, 0.15) is 16.8 Å². The lowest BCUT2D eigenvalue weighted by Crippen LogP contribution is -2.28. The highest BCUT2D eigenvalue weighted by Crippen LogP contribution is 2.20. The molecule has 0 bridgehead atoms. The maximum atomic E-state index is 12.1. The molecule has 6 heteroatoms. The van der Waals surface area contributed by atoms with E-state index in [9.17, 15) is 9.59 Å². The average molecular weight is 333 g/mol. The third-order valence-electron chi connectivity index (χ3n) is 3.14. The molecule has 0 spiro atoms. The molecule has 2 rings (SSSR count). The fourth-order valence-electron chi connectivity index (χ4n) is 1.99. The molecule has 2 aromatic rings. The number of ether oxygens (including phenoxy) is 1. The van der Waals surface area contributed by atoms with E-state index in [0.29, 0.717) is 22.0 Å². The predicted molar refractivity (Wildman–Crippen MR) is 90.0 cm³/mol. The number of amides is 2. The van der Waals surface area contributed by atoms with Gasteiger partial charge in [-0.1, -0.05) is 35.9 Å². The van der Waals surface area contributed by atoms with Crippen molar-refractivity contribution < 1.29 is 14.3 Å². The lowest BCUT2D eigenvalue weighted by atomic mass is 10.2. The van der Waals surface area contributed by atoms with Crippen LogP contribution in [-0.4, -0.2) is 25.5 Å². The number of halogens is 1. The Morgan fingerprint density at radius 3 is 2.52 bits per heavy atom. The molecule has 120 valence electrons. The number of carbonyl (C=O) groups is 2. The first-order chi connectivity index (χ1) is 11.1. The smallest absolute Gasteiger partial charge is 0.255 e. The summed E-state index contributed by atoms with van der Waals surface area (Å²) in [6.45, 7) is 0.215. The first-order valence-corrected chi connectivity index (χ1v) is 7.45. The topological polar surface area (TPSA) is 67.4 Å². The summed E-state index contributed by atoms with van der Waals surface area (Å²) in [6, 6.07) is 13.9. The third-order valence-corrected chi connectivity index (χ3v) is 3.47. The van der Waals surface area contributed by atoms with E-state index < -0.39 is 0 Å². The Kier molecular flexibility index (Phi) is 6.00. The Balaban J connectivity index is 1.84. The van der Waals surface area contributed by atoms with Crippen LogP contribution in [0.5, 0.6) is 5.75 Å². The third kappa shape index (κ3) is 4.72. The van der Waals surface area contributed by atoms with Gasteiger partial charge in [0.2, 0.25) is 5.91 Å². The van der Waals surface area contributed by atoms with E-state index in [4.69, 9.17) is 16.3 Å². The number of hydrogen-bond donors (Lipinski definition) is 2. The van der Waals surface area contributed by atoms with Crippen LogP contribution < -0.4 is 15.4 Å².